The second kappa shape index (κ2) is 4.30. The SMILES string of the molecule is O=C([O-])[C@H]1CCCN1C(=O)c1cccnc1. The van der Waals surface area contributed by atoms with E-state index in [-0.39, 0.29) is 5.91 Å². The summed E-state index contributed by atoms with van der Waals surface area (Å²) in [5.41, 5.74) is 0.413. The van der Waals surface area contributed by atoms with Crippen LogP contribution >= 0.6 is 0 Å². The number of carboxylic acids is 1. The molecule has 0 aliphatic carbocycles. The summed E-state index contributed by atoms with van der Waals surface area (Å²) >= 11 is 0. The number of hydrogen-bond acceptors (Lipinski definition) is 4. The van der Waals surface area contributed by atoms with E-state index >= 15 is 0 Å². The fraction of sp³-hybridized carbons (Fsp3) is 0.364. The standard InChI is InChI=1S/C11H12N2O3/c14-10(8-3-1-5-12-7-8)13-6-2-4-9(13)11(15)16/h1,3,5,7,9H,2,4,6H2,(H,15,16)/p-1/t9-/m1/s1. The Kier molecular flexibility index (Phi) is 2.85. The molecule has 0 radical (unpaired) electrons. The van der Waals surface area contributed by atoms with Gasteiger partial charge >= 0.3 is 0 Å². The second-order valence-electron chi connectivity index (χ2n) is 3.72. The Bertz CT molecular complexity index is 405. The van der Waals surface area contributed by atoms with Crippen LogP contribution in [0.25, 0.3) is 0 Å². The largest absolute Gasteiger partial charge is 0.548 e. The highest BCUT2D eigenvalue weighted by Crippen LogP contribution is 2.19. The summed E-state index contributed by atoms with van der Waals surface area (Å²) in [6, 6.07) is 2.48. The predicted molar refractivity (Wildman–Crippen MR) is 53.3 cm³/mol. The topological polar surface area (TPSA) is 73.3 Å². The highest BCUT2D eigenvalue weighted by atomic mass is 16.4. The van der Waals surface area contributed by atoms with E-state index in [2.05, 4.69) is 4.98 Å². The molecule has 0 bridgehead atoms. The number of rotatable bonds is 2. The van der Waals surface area contributed by atoms with Gasteiger partial charge in [-0.05, 0) is 25.0 Å². The van der Waals surface area contributed by atoms with Crippen LogP contribution in [-0.2, 0) is 4.79 Å². The van der Waals surface area contributed by atoms with Crippen molar-refractivity contribution in [2.45, 2.75) is 18.9 Å². The molecule has 0 aromatic carbocycles. The highest BCUT2D eigenvalue weighted by Gasteiger charge is 2.30. The number of nitrogens with zero attached hydrogens (tertiary/aromatic N) is 2. The van der Waals surface area contributed by atoms with Crippen molar-refractivity contribution in [2.75, 3.05) is 6.54 Å². The van der Waals surface area contributed by atoms with Gasteiger partial charge < -0.3 is 14.8 Å². The quantitative estimate of drug-likeness (QED) is 0.668. The fourth-order valence-corrected chi connectivity index (χ4v) is 1.91. The zero-order chi connectivity index (χ0) is 11.5. The molecule has 0 spiro atoms. The number of carbonyl (C=O) groups excluding carboxylic acids is 2. The smallest absolute Gasteiger partial charge is 0.255 e. The molecule has 84 valence electrons. The van der Waals surface area contributed by atoms with Crippen molar-refractivity contribution in [1.29, 1.82) is 0 Å². The normalized spacial score (nSPS) is 19.8. The Morgan fingerprint density at radius 3 is 2.94 bits per heavy atom. The van der Waals surface area contributed by atoms with Gasteiger partial charge in [-0.2, -0.15) is 0 Å². The first kappa shape index (κ1) is 10.6. The first-order valence-electron chi connectivity index (χ1n) is 5.12. The number of aliphatic carboxylic acids is 1. The maximum absolute atomic E-state index is 12.0. The number of likely N-dealkylation sites (tertiary alicyclic amines) is 1. The van der Waals surface area contributed by atoms with Crippen LogP contribution in [0, 0.1) is 0 Å². The van der Waals surface area contributed by atoms with Crippen LogP contribution in [0.4, 0.5) is 0 Å². The Morgan fingerprint density at radius 2 is 2.31 bits per heavy atom. The summed E-state index contributed by atoms with van der Waals surface area (Å²) in [6.07, 6.45) is 4.17. The Morgan fingerprint density at radius 1 is 1.50 bits per heavy atom. The van der Waals surface area contributed by atoms with E-state index in [4.69, 9.17) is 0 Å². The van der Waals surface area contributed by atoms with Gasteiger partial charge in [-0.25, -0.2) is 0 Å². The van der Waals surface area contributed by atoms with E-state index in [1.807, 2.05) is 0 Å². The number of carbonyl (C=O) groups is 2. The van der Waals surface area contributed by atoms with Gasteiger partial charge in [0, 0.05) is 18.9 Å². The van der Waals surface area contributed by atoms with E-state index in [1.54, 1.807) is 18.3 Å². The van der Waals surface area contributed by atoms with Crippen molar-refractivity contribution in [2.24, 2.45) is 0 Å². The van der Waals surface area contributed by atoms with Crippen molar-refractivity contribution in [1.82, 2.24) is 9.88 Å². The van der Waals surface area contributed by atoms with Crippen LogP contribution in [0.5, 0.6) is 0 Å². The molecule has 1 fully saturated rings. The monoisotopic (exact) mass is 219 g/mol. The van der Waals surface area contributed by atoms with Crippen LogP contribution in [-0.4, -0.2) is 34.3 Å². The van der Waals surface area contributed by atoms with Gasteiger partial charge in [0.15, 0.2) is 0 Å². The van der Waals surface area contributed by atoms with E-state index in [0.29, 0.717) is 24.9 Å². The minimum Gasteiger partial charge on any atom is -0.548 e. The van der Waals surface area contributed by atoms with Gasteiger partial charge in [0.05, 0.1) is 17.6 Å². The van der Waals surface area contributed by atoms with Crippen molar-refractivity contribution in [3.05, 3.63) is 30.1 Å². The Hall–Kier alpha value is -1.91. The third kappa shape index (κ3) is 1.88. The zero-order valence-corrected chi connectivity index (χ0v) is 8.63. The molecule has 1 amide bonds. The third-order valence-corrected chi connectivity index (χ3v) is 2.69. The lowest BCUT2D eigenvalue weighted by Gasteiger charge is -2.25. The third-order valence-electron chi connectivity index (χ3n) is 2.69. The van der Waals surface area contributed by atoms with Gasteiger partial charge in [0.2, 0.25) is 0 Å². The molecule has 5 heteroatoms. The number of pyridine rings is 1. The zero-order valence-electron chi connectivity index (χ0n) is 8.63. The molecule has 0 unspecified atom stereocenters. The van der Waals surface area contributed by atoms with Crippen molar-refractivity contribution in [3.63, 3.8) is 0 Å². The fourth-order valence-electron chi connectivity index (χ4n) is 1.91. The number of amides is 1. The van der Waals surface area contributed by atoms with Crippen LogP contribution in [0.1, 0.15) is 23.2 Å². The summed E-state index contributed by atoms with van der Waals surface area (Å²) < 4.78 is 0. The lowest BCUT2D eigenvalue weighted by atomic mass is 10.2. The Balaban J connectivity index is 2.19. The average Bonchev–Trinajstić information content (AvgIpc) is 2.78. The summed E-state index contributed by atoms with van der Waals surface area (Å²) in [5.74, 6) is -1.48. The molecular formula is C11H11N2O3-. The second-order valence-corrected chi connectivity index (χ2v) is 3.72. The lowest BCUT2D eigenvalue weighted by Crippen LogP contribution is -2.47. The first-order valence-corrected chi connectivity index (χ1v) is 5.12. The predicted octanol–water partition coefficient (Wildman–Crippen LogP) is -0.564. The van der Waals surface area contributed by atoms with Gasteiger partial charge in [-0.3, -0.25) is 9.78 Å². The number of carboxylic acid groups (broad SMARTS) is 1. The number of aromatic nitrogens is 1. The summed E-state index contributed by atoms with van der Waals surface area (Å²) in [4.78, 5) is 28.0. The first-order chi connectivity index (χ1) is 7.70. The molecule has 0 N–H and O–H groups in total. The molecule has 0 saturated carbocycles. The van der Waals surface area contributed by atoms with Crippen molar-refractivity contribution in [3.8, 4) is 0 Å². The van der Waals surface area contributed by atoms with Crippen LogP contribution in [0.2, 0.25) is 0 Å². The molecule has 2 heterocycles. The molecular weight excluding hydrogens is 208 g/mol. The molecule has 16 heavy (non-hydrogen) atoms. The Labute approximate surface area is 92.7 Å². The molecule has 1 aliphatic rings. The van der Waals surface area contributed by atoms with Gasteiger partial charge in [0.25, 0.3) is 5.91 Å². The summed E-state index contributed by atoms with van der Waals surface area (Å²) in [5, 5.41) is 10.8. The van der Waals surface area contributed by atoms with Crippen LogP contribution in [0.3, 0.4) is 0 Å². The molecule has 2 rings (SSSR count). The van der Waals surface area contributed by atoms with Crippen LogP contribution < -0.4 is 5.11 Å². The molecule has 5 nitrogen and oxygen atoms in total. The van der Waals surface area contributed by atoms with Crippen molar-refractivity contribution < 1.29 is 14.7 Å². The molecule has 1 aromatic rings. The summed E-state index contributed by atoms with van der Waals surface area (Å²) in [7, 11) is 0. The van der Waals surface area contributed by atoms with Crippen LogP contribution in [0.15, 0.2) is 24.5 Å². The maximum atomic E-state index is 12.0. The maximum Gasteiger partial charge on any atom is 0.255 e. The van der Waals surface area contributed by atoms with E-state index < -0.39 is 12.0 Å². The minimum atomic E-state index is -1.19. The lowest BCUT2D eigenvalue weighted by molar-refractivity contribution is -0.310. The number of hydrogen-bond donors (Lipinski definition) is 0. The van der Waals surface area contributed by atoms with Gasteiger partial charge in [0.1, 0.15) is 0 Å². The van der Waals surface area contributed by atoms with Gasteiger partial charge in [-0.15, -0.1) is 0 Å². The molecule has 1 aliphatic heterocycles. The van der Waals surface area contributed by atoms with E-state index in [9.17, 15) is 14.7 Å². The van der Waals surface area contributed by atoms with Crippen molar-refractivity contribution >= 4 is 11.9 Å². The van der Waals surface area contributed by atoms with E-state index in [0.717, 1.165) is 0 Å². The molecule has 1 atom stereocenters. The summed E-state index contributed by atoms with van der Waals surface area (Å²) in [6.45, 7) is 0.465. The van der Waals surface area contributed by atoms with Gasteiger partial charge in [-0.1, -0.05) is 0 Å². The molecule has 1 saturated heterocycles. The highest BCUT2D eigenvalue weighted by molar-refractivity contribution is 5.96. The van der Waals surface area contributed by atoms with E-state index in [1.165, 1.54) is 11.1 Å². The average molecular weight is 219 g/mol. The minimum absolute atomic E-state index is 0.292. The molecule has 1 aromatic heterocycles.